The molecule has 0 radical (unpaired) electrons. The first-order valence-corrected chi connectivity index (χ1v) is 6.94. The van der Waals surface area contributed by atoms with Gasteiger partial charge in [0.15, 0.2) is 5.82 Å². The number of carbonyl (C=O) groups excluding carboxylic acids is 1. The number of aryl methyl sites for hydroxylation is 1. The van der Waals surface area contributed by atoms with Crippen molar-refractivity contribution in [2.45, 2.75) is 25.5 Å². The fourth-order valence-corrected chi connectivity index (χ4v) is 2.49. The number of hydrogen-bond acceptors (Lipinski definition) is 5. The maximum absolute atomic E-state index is 12.3. The second-order valence-corrected chi connectivity index (χ2v) is 5.20. The zero-order valence-electron chi connectivity index (χ0n) is 11.3. The second kappa shape index (κ2) is 5.79. The van der Waals surface area contributed by atoms with Gasteiger partial charge in [-0.25, -0.2) is 4.98 Å². The van der Waals surface area contributed by atoms with Gasteiger partial charge in [0.2, 0.25) is 0 Å². The fraction of sp³-hybridized carbons (Fsp3) is 0.385. The Balaban J connectivity index is 1.75. The molecule has 2 aromatic heterocycles. The monoisotopic (exact) mass is 307 g/mol. The van der Waals surface area contributed by atoms with E-state index >= 15 is 0 Å². The lowest BCUT2D eigenvalue weighted by Gasteiger charge is -2.17. The lowest BCUT2D eigenvalue weighted by Crippen LogP contribution is -2.37. The summed E-state index contributed by atoms with van der Waals surface area (Å²) in [6.07, 6.45) is 3.33. The maximum atomic E-state index is 12.3. The minimum Gasteiger partial charge on any atom is -0.368 e. The van der Waals surface area contributed by atoms with Crippen LogP contribution in [0.2, 0.25) is 5.02 Å². The second-order valence-electron chi connectivity index (χ2n) is 4.79. The molecule has 0 bridgehead atoms. The van der Waals surface area contributed by atoms with Crippen molar-refractivity contribution in [3.05, 3.63) is 40.7 Å². The van der Waals surface area contributed by atoms with Crippen LogP contribution in [-0.2, 0) is 4.74 Å². The van der Waals surface area contributed by atoms with Crippen LogP contribution in [0.1, 0.15) is 34.5 Å². The van der Waals surface area contributed by atoms with Gasteiger partial charge in [0.05, 0.1) is 16.6 Å². The van der Waals surface area contributed by atoms with Crippen LogP contribution in [-0.4, -0.2) is 38.7 Å². The number of H-pyrrole nitrogens is 1. The first kappa shape index (κ1) is 14.0. The number of hydrogen-bond donors (Lipinski definition) is 2. The van der Waals surface area contributed by atoms with E-state index < -0.39 is 0 Å². The molecule has 0 spiro atoms. The zero-order valence-corrected chi connectivity index (χ0v) is 12.1. The molecule has 1 fully saturated rings. The highest BCUT2D eigenvalue weighted by Gasteiger charge is 2.34. The normalized spacial score (nSPS) is 21.4. The van der Waals surface area contributed by atoms with E-state index in [1.807, 2.05) is 6.92 Å². The third-order valence-electron chi connectivity index (χ3n) is 3.29. The maximum Gasteiger partial charge on any atom is 0.253 e. The highest BCUT2D eigenvalue weighted by molar-refractivity contribution is 6.33. The van der Waals surface area contributed by atoms with Gasteiger partial charge in [0.25, 0.3) is 5.91 Å². The molecule has 1 saturated heterocycles. The van der Waals surface area contributed by atoms with Gasteiger partial charge in [-0.15, -0.1) is 0 Å². The first-order chi connectivity index (χ1) is 10.1. The van der Waals surface area contributed by atoms with Crippen molar-refractivity contribution in [3.8, 4) is 0 Å². The average Bonchev–Trinajstić information content (AvgIpc) is 3.08. The Morgan fingerprint density at radius 1 is 1.57 bits per heavy atom. The third kappa shape index (κ3) is 2.88. The first-order valence-electron chi connectivity index (χ1n) is 6.56. The number of amides is 1. The summed E-state index contributed by atoms with van der Waals surface area (Å²) in [6.45, 7) is 2.36. The summed E-state index contributed by atoms with van der Waals surface area (Å²) in [5, 5.41) is 10.1. The fourth-order valence-electron chi connectivity index (χ4n) is 2.28. The number of carbonyl (C=O) groups is 1. The molecule has 2 atom stereocenters. The topological polar surface area (TPSA) is 92.8 Å². The number of aromatic amines is 1. The highest BCUT2D eigenvalue weighted by Crippen LogP contribution is 2.27. The molecular formula is C13H14ClN5O2. The number of rotatable bonds is 3. The molecular weight excluding hydrogens is 294 g/mol. The molecule has 3 rings (SSSR count). The molecule has 1 aliphatic rings. The Morgan fingerprint density at radius 2 is 2.43 bits per heavy atom. The summed E-state index contributed by atoms with van der Waals surface area (Å²) in [6, 6.07) is 1.40. The van der Waals surface area contributed by atoms with Crippen LogP contribution in [0.4, 0.5) is 0 Å². The van der Waals surface area contributed by atoms with E-state index in [0.717, 1.165) is 0 Å². The molecule has 0 aliphatic carbocycles. The molecule has 0 unspecified atom stereocenters. The Hall–Kier alpha value is -1.99. The Morgan fingerprint density at radius 3 is 3.14 bits per heavy atom. The van der Waals surface area contributed by atoms with Crippen LogP contribution in [0.15, 0.2) is 18.5 Å². The molecule has 110 valence electrons. The standard InChI is InChI=1S/C13H14ClN5O2/c1-7-16-12(19-18-7)11-10(3-5-21-11)17-13(20)8-2-4-15-6-9(8)14/h2,4,6,10-11H,3,5H2,1H3,(H,17,20)(H,16,18,19)/t10-,11+/m0/s1. The van der Waals surface area contributed by atoms with E-state index in [2.05, 4.69) is 25.5 Å². The van der Waals surface area contributed by atoms with Gasteiger partial charge in [-0.2, -0.15) is 5.10 Å². The van der Waals surface area contributed by atoms with Gasteiger partial charge in [-0.3, -0.25) is 14.9 Å². The zero-order chi connectivity index (χ0) is 14.8. The summed E-state index contributed by atoms with van der Waals surface area (Å²) in [5.74, 6) is 1.01. The molecule has 7 nitrogen and oxygen atoms in total. The number of aromatic nitrogens is 4. The smallest absolute Gasteiger partial charge is 0.253 e. The quantitative estimate of drug-likeness (QED) is 0.894. The predicted molar refractivity (Wildman–Crippen MR) is 74.9 cm³/mol. The van der Waals surface area contributed by atoms with Crippen LogP contribution in [0.3, 0.4) is 0 Å². The Kier molecular flexibility index (Phi) is 3.85. The molecule has 2 aromatic rings. The number of nitrogens with zero attached hydrogens (tertiary/aromatic N) is 3. The predicted octanol–water partition coefficient (Wildman–Crippen LogP) is 1.42. The molecule has 1 aliphatic heterocycles. The van der Waals surface area contributed by atoms with Crippen molar-refractivity contribution in [1.29, 1.82) is 0 Å². The molecule has 0 saturated carbocycles. The molecule has 21 heavy (non-hydrogen) atoms. The molecule has 2 N–H and O–H groups in total. The van der Waals surface area contributed by atoms with Crippen molar-refractivity contribution in [3.63, 3.8) is 0 Å². The van der Waals surface area contributed by atoms with Gasteiger partial charge in [0, 0.05) is 19.0 Å². The van der Waals surface area contributed by atoms with Gasteiger partial charge < -0.3 is 10.1 Å². The largest absolute Gasteiger partial charge is 0.368 e. The minimum absolute atomic E-state index is 0.183. The van der Waals surface area contributed by atoms with Crippen LogP contribution in [0, 0.1) is 6.92 Å². The lowest BCUT2D eigenvalue weighted by molar-refractivity contribution is 0.0792. The average molecular weight is 308 g/mol. The van der Waals surface area contributed by atoms with E-state index in [4.69, 9.17) is 16.3 Å². The summed E-state index contributed by atoms with van der Waals surface area (Å²) in [7, 11) is 0. The summed E-state index contributed by atoms with van der Waals surface area (Å²) in [4.78, 5) is 20.4. The highest BCUT2D eigenvalue weighted by atomic mass is 35.5. The number of nitrogens with one attached hydrogen (secondary N) is 2. The minimum atomic E-state index is -0.348. The van der Waals surface area contributed by atoms with Crippen molar-refractivity contribution in [2.24, 2.45) is 0 Å². The van der Waals surface area contributed by atoms with Gasteiger partial charge in [0.1, 0.15) is 11.9 Å². The third-order valence-corrected chi connectivity index (χ3v) is 3.60. The van der Waals surface area contributed by atoms with Crippen molar-refractivity contribution >= 4 is 17.5 Å². The molecule has 3 heterocycles. The number of ether oxygens (including phenoxy) is 1. The Bertz CT molecular complexity index is 660. The van der Waals surface area contributed by atoms with E-state index in [9.17, 15) is 4.79 Å². The SMILES string of the molecule is Cc1nc([C@@H]2OCC[C@@H]2NC(=O)c2ccncc2Cl)n[nH]1. The van der Waals surface area contributed by atoms with Gasteiger partial charge >= 0.3 is 0 Å². The summed E-state index contributed by atoms with van der Waals surface area (Å²) >= 11 is 5.98. The molecule has 8 heteroatoms. The van der Waals surface area contributed by atoms with E-state index in [1.165, 1.54) is 12.4 Å². The van der Waals surface area contributed by atoms with Crippen LogP contribution in [0.25, 0.3) is 0 Å². The van der Waals surface area contributed by atoms with Gasteiger partial charge in [-0.05, 0) is 19.4 Å². The van der Waals surface area contributed by atoms with Crippen molar-refractivity contribution < 1.29 is 9.53 Å². The van der Waals surface area contributed by atoms with Gasteiger partial charge in [-0.1, -0.05) is 11.6 Å². The van der Waals surface area contributed by atoms with E-state index in [0.29, 0.717) is 35.3 Å². The molecule has 1 amide bonds. The summed E-state index contributed by atoms with van der Waals surface area (Å²) < 4.78 is 5.63. The van der Waals surface area contributed by atoms with Crippen LogP contribution >= 0.6 is 11.6 Å². The lowest BCUT2D eigenvalue weighted by atomic mass is 10.1. The molecule has 0 aromatic carbocycles. The Labute approximate surface area is 126 Å². The van der Waals surface area contributed by atoms with E-state index in [1.54, 1.807) is 6.07 Å². The number of halogens is 1. The van der Waals surface area contributed by atoms with Crippen molar-refractivity contribution in [2.75, 3.05) is 6.61 Å². The van der Waals surface area contributed by atoms with Crippen molar-refractivity contribution in [1.82, 2.24) is 25.5 Å². The van der Waals surface area contributed by atoms with Crippen LogP contribution in [0.5, 0.6) is 0 Å². The number of pyridine rings is 1. The van der Waals surface area contributed by atoms with E-state index in [-0.39, 0.29) is 18.1 Å². The summed E-state index contributed by atoms with van der Waals surface area (Å²) in [5.41, 5.74) is 0.392. The van der Waals surface area contributed by atoms with Crippen LogP contribution < -0.4 is 5.32 Å².